The fraction of sp³-hybridized carbons (Fsp3) is 0.462. The number of aliphatic hydroxyl groups excluding tert-OH is 1. The fourth-order valence-electron chi connectivity index (χ4n) is 2.11. The van der Waals surface area contributed by atoms with Gasteiger partial charge in [0.05, 0.1) is 13.2 Å². The van der Waals surface area contributed by atoms with Crippen molar-refractivity contribution in [2.45, 2.75) is 31.5 Å². The first kappa shape index (κ1) is 12.7. The highest BCUT2D eigenvalue weighted by molar-refractivity contribution is 5.91. The molecule has 1 saturated carbocycles. The molecule has 0 aliphatic heterocycles. The molecule has 0 spiro atoms. The van der Waals surface area contributed by atoms with Gasteiger partial charge in [-0.25, -0.2) is 4.79 Å². The van der Waals surface area contributed by atoms with Crippen LogP contribution in [0.5, 0.6) is 11.5 Å². The monoisotopic (exact) mass is 252 g/mol. The maximum atomic E-state index is 11.1. The molecule has 0 heterocycles. The molecular weight excluding hydrogens is 236 g/mol. The quantitative estimate of drug-likeness (QED) is 0.852. The van der Waals surface area contributed by atoms with E-state index < -0.39 is 12.1 Å². The molecule has 1 aromatic rings. The average molecular weight is 252 g/mol. The van der Waals surface area contributed by atoms with Gasteiger partial charge in [0.15, 0.2) is 0 Å². The van der Waals surface area contributed by atoms with Gasteiger partial charge >= 0.3 is 5.97 Å². The molecule has 1 aliphatic rings. The molecule has 1 aliphatic carbocycles. The zero-order valence-corrected chi connectivity index (χ0v) is 10.1. The van der Waals surface area contributed by atoms with Crippen LogP contribution in [-0.4, -0.2) is 35.5 Å². The Kier molecular flexibility index (Phi) is 3.72. The van der Waals surface area contributed by atoms with Crippen molar-refractivity contribution in [3.8, 4) is 11.5 Å². The summed E-state index contributed by atoms with van der Waals surface area (Å²) >= 11 is 0. The summed E-state index contributed by atoms with van der Waals surface area (Å²) in [7, 11) is 1.50. The van der Waals surface area contributed by atoms with Crippen LogP contribution in [0.2, 0.25) is 0 Å². The molecule has 0 radical (unpaired) electrons. The van der Waals surface area contributed by atoms with Gasteiger partial charge in [-0.3, -0.25) is 0 Å². The highest BCUT2D eigenvalue weighted by Gasteiger charge is 2.28. The number of ether oxygens (including phenoxy) is 2. The molecule has 0 amide bonds. The van der Waals surface area contributed by atoms with Crippen LogP contribution in [-0.2, 0) is 0 Å². The topological polar surface area (TPSA) is 76.0 Å². The Morgan fingerprint density at radius 3 is 2.72 bits per heavy atom. The maximum absolute atomic E-state index is 11.1. The van der Waals surface area contributed by atoms with E-state index in [1.54, 1.807) is 6.07 Å². The number of rotatable bonds is 4. The van der Waals surface area contributed by atoms with Crippen molar-refractivity contribution in [3.05, 3.63) is 23.8 Å². The molecule has 98 valence electrons. The molecule has 2 atom stereocenters. The van der Waals surface area contributed by atoms with Gasteiger partial charge in [-0.05, 0) is 31.4 Å². The van der Waals surface area contributed by atoms with Gasteiger partial charge in [0.2, 0.25) is 0 Å². The summed E-state index contributed by atoms with van der Waals surface area (Å²) in [5.74, 6) is -0.282. The molecule has 18 heavy (non-hydrogen) atoms. The largest absolute Gasteiger partial charge is 0.497 e. The molecular formula is C13H16O5. The number of hydrogen-bond donors (Lipinski definition) is 2. The summed E-state index contributed by atoms with van der Waals surface area (Å²) in [6, 6.07) is 4.55. The third-order valence-electron chi connectivity index (χ3n) is 3.12. The number of carbonyl (C=O) groups is 1. The summed E-state index contributed by atoms with van der Waals surface area (Å²) in [4.78, 5) is 11.1. The van der Waals surface area contributed by atoms with E-state index in [4.69, 9.17) is 14.6 Å². The van der Waals surface area contributed by atoms with Crippen LogP contribution in [0.3, 0.4) is 0 Å². The van der Waals surface area contributed by atoms with Crippen molar-refractivity contribution in [2.24, 2.45) is 0 Å². The molecule has 2 rings (SSSR count). The number of aliphatic hydroxyl groups is 1. The van der Waals surface area contributed by atoms with Crippen LogP contribution in [0.1, 0.15) is 29.6 Å². The number of aromatic carboxylic acids is 1. The summed E-state index contributed by atoms with van der Waals surface area (Å²) in [5, 5.41) is 18.8. The van der Waals surface area contributed by atoms with Gasteiger partial charge in [-0.1, -0.05) is 0 Å². The lowest BCUT2D eigenvalue weighted by molar-refractivity contribution is 0.0559. The Morgan fingerprint density at radius 2 is 2.17 bits per heavy atom. The molecule has 5 nitrogen and oxygen atoms in total. The second-order valence-electron chi connectivity index (χ2n) is 4.32. The maximum Gasteiger partial charge on any atom is 0.339 e. The van der Waals surface area contributed by atoms with Crippen LogP contribution in [0.4, 0.5) is 0 Å². The number of carboxylic acids is 1. The van der Waals surface area contributed by atoms with E-state index in [0.717, 1.165) is 12.8 Å². The fourth-order valence-corrected chi connectivity index (χ4v) is 2.11. The van der Waals surface area contributed by atoms with Gasteiger partial charge in [0, 0.05) is 6.07 Å². The van der Waals surface area contributed by atoms with Crippen LogP contribution < -0.4 is 9.47 Å². The van der Waals surface area contributed by atoms with Crippen LogP contribution in [0.25, 0.3) is 0 Å². The molecule has 0 saturated heterocycles. The van der Waals surface area contributed by atoms with E-state index >= 15 is 0 Å². The minimum Gasteiger partial charge on any atom is -0.497 e. The Balaban J connectivity index is 2.25. The SMILES string of the molecule is COc1ccc(C(=O)O)c(OC2CCCC2O)c1. The lowest BCUT2D eigenvalue weighted by Crippen LogP contribution is -2.26. The summed E-state index contributed by atoms with van der Waals surface area (Å²) < 4.78 is 10.7. The Bertz CT molecular complexity index is 443. The van der Waals surface area contributed by atoms with Crippen LogP contribution in [0.15, 0.2) is 18.2 Å². The van der Waals surface area contributed by atoms with Crippen LogP contribution >= 0.6 is 0 Å². The Labute approximate surface area is 105 Å². The van der Waals surface area contributed by atoms with Gasteiger partial charge < -0.3 is 19.7 Å². The third-order valence-corrected chi connectivity index (χ3v) is 3.12. The first-order chi connectivity index (χ1) is 8.61. The number of hydrogen-bond acceptors (Lipinski definition) is 4. The summed E-state index contributed by atoms with van der Waals surface area (Å²) in [6.07, 6.45) is 1.44. The van der Waals surface area contributed by atoms with E-state index in [-0.39, 0.29) is 17.4 Å². The van der Waals surface area contributed by atoms with Crippen molar-refractivity contribution < 1.29 is 24.5 Å². The van der Waals surface area contributed by atoms with E-state index in [0.29, 0.717) is 12.2 Å². The standard InChI is InChI=1S/C13H16O5/c1-17-8-5-6-9(13(15)16)12(7-8)18-11-4-2-3-10(11)14/h5-7,10-11,14H,2-4H2,1H3,(H,15,16). The second-order valence-corrected chi connectivity index (χ2v) is 4.32. The molecule has 5 heteroatoms. The molecule has 0 bridgehead atoms. The minimum atomic E-state index is -1.06. The smallest absolute Gasteiger partial charge is 0.339 e. The van der Waals surface area contributed by atoms with Gasteiger partial charge in [-0.15, -0.1) is 0 Å². The van der Waals surface area contributed by atoms with E-state index in [1.165, 1.54) is 19.2 Å². The third kappa shape index (κ3) is 2.56. The first-order valence-electron chi connectivity index (χ1n) is 5.88. The van der Waals surface area contributed by atoms with Crippen molar-refractivity contribution in [2.75, 3.05) is 7.11 Å². The minimum absolute atomic E-state index is 0.0786. The van der Waals surface area contributed by atoms with E-state index in [9.17, 15) is 9.90 Å². The summed E-state index contributed by atoms with van der Waals surface area (Å²) in [6.45, 7) is 0. The zero-order valence-electron chi connectivity index (χ0n) is 10.1. The second kappa shape index (κ2) is 5.27. The molecule has 0 aromatic heterocycles. The lowest BCUT2D eigenvalue weighted by atomic mass is 10.2. The van der Waals surface area contributed by atoms with Crippen molar-refractivity contribution >= 4 is 5.97 Å². The van der Waals surface area contributed by atoms with Gasteiger partial charge in [-0.2, -0.15) is 0 Å². The van der Waals surface area contributed by atoms with Gasteiger partial charge in [0.25, 0.3) is 0 Å². The normalized spacial score (nSPS) is 22.8. The zero-order chi connectivity index (χ0) is 13.1. The summed E-state index contributed by atoms with van der Waals surface area (Å²) in [5.41, 5.74) is 0.0786. The molecule has 1 aromatic carbocycles. The van der Waals surface area contributed by atoms with Crippen molar-refractivity contribution in [1.82, 2.24) is 0 Å². The van der Waals surface area contributed by atoms with Crippen LogP contribution in [0, 0.1) is 0 Å². The predicted octanol–water partition coefficient (Wildman–Crippen LogP) is 1.69. The van der Waals surface area contributed by atoms with E-state index in [1.807, 2.05) is 0 Å². The number of benzene rings is 1. The molecule has 1 fully saturated rings. The van der Waals surface area contributed by atoms with Crippen molar-refractivity contribution in [1.29, 1.82) is 0 Å². The average Bonchev–Trinajstić information content (AvgIpc) is 2.74. The Morgan fingerprint density at radius 1 is 1.39 bits per heavy atom. The van der Waals surface area contributed by atoms with Gasteiger partial charge in [0.1, 0.15) is 23.2 Å². The first-order valence-corrected chi connectivity index (χ1v) is 5.88. The van der Waals surface area contributed by atoms with E-state index in [2.05, 4.69) is 0 Å². The number of methoxy groups -OCH3 is 1. The Hall–Kier alpha value is -1.75. The highest BCUT2D eigenvalue weighted by Crippen LogP contribution is 2.30. The van der Waals surface area contributed by atoms with Crippen molar-refractivity contribution in [3.63, 3.8) is 0 Å². The lowest BCUT2D eigenvalue weighted by Gasteiger charge is -2.18. The molecule has 2 unspecified atom stereocenters. The molecule has 2 N–H and O–H groups in total. The number of carboxylic acid groups (broad SMARTS) is 1. The highest BCUT2D eigenvalue weighted by atomic mass is 16.5. The predicted molar refractivity (Wildman–Crippen MR) is 64.2 cm³/mol.